The van der Waals surface area contributed by atoms with Crippen molar-refractivity contribution >= 4 is 22.8 Å². The summed E-state index contributed by atoms with van der Waals surface area (Å²) in [4.78, 5) is 18.9. The van der Waals surface area contributed by atoms with Crippen molar-refractivity contribution in [3.63, 3.8) is 0 Å². The Morgan fingerprint density at radius 1 is 1.35 bits per heavy atom. The van der Waals surface area contributed by atoms with Crippen LogP contribution < -0.4 is 0 Å². The number of imidazole rings is 2. The van der Waals surface area contributed by atoms with E-state index in [1.54, 1.807) is 11.3 Å². The van der Waals surface area contributed by atoms with Crippen LogP contribution in [0.5, 0.6) is 0 Å². The average molecular weight is 271 g/mol. The standard InChI is InChI=1S/C15H17N3O2/c1-8-12(13(19)20)18-11-7-9(15(2,3)4)5-6-10(11)17-14(18)16-8/h5-7H,1-4H3,(H,16,17)(H,19,20). The van der Waals surface area contributed by atoms with Gasteiger partial charge in [0, 0.05) is 5.69 Å². The maximum Gasteiger partial charge on any atom is 0.354 e. The van der Waals surface area contributed by atoms with Crippen LogP contribution in [0.3, 0.4) is 0 Å². The van der Waals surface area contributed by atoms with E-state index in [1.165, 1.54) is 0 Å². The Labute approximate surface area is 116 Å². The summed E-state index contributed by atoms with van der Waals surface area (Å²) >= 11 is 0. The lowest BCUT2D eigenvalue weighted by molar-refractivity contribution is 0.0689. The molecule has 0 aliphatic heterocycles. The molecule has 104 valence electrons. The first-order chi connectivity index (χ1) is 9.29. The fraction of sp³-hybridized carbons (Fsp3) is 0.333. The number of nitrogens with one attached hydrogen (secondary N) is 1. The summed E-state index contributed by atoms with van der Waals surface area (Å²) in [5.41, 5.74) is 3.65. The molecule has 0 aliphatic carbocycles. The number of fused-ring (bicyclic) bond motifs is 3. The van der Waals surface area contributed by atoms with Gasteiger partial charge in [0.05, 0.1) is 11.0 Å². The number of aromatic amines is 1. The Balaban J connectivity index is 2.43. The molecular weight excluding hydrogens is 254 g/mol. The van der Waals surface area contributed by atoms with Crippen LogP contribution in [0.15, 0.2) is 18.2 Å². The third-order valence-corrected chi connectivity index (χ3v) is 3.60. The van der Waals surface area contributed by atoms with E-state index in [0.29, 0.717) is 11.5 Å². The molecule has 0 saturated carbocycles. The van der Waals surface area contributed by atoms with Crippen LogP contribution in [0, 0.1) is 6.92 Å². The van der Waals surface area contributed by atoms with Crippen molar-refractivity contribution in [2.75, 3.05) is 0 Å². The molecule has 0 fully saturated rings. The molecule has 0 unspecified atom stereocenters. The van der Waals surface area contributed by atoms with Gasteiger partial charge in [-0.2, -0.15) is 0 Å². The minimum atomic E-state index is -0.950. The smallest absolute Gasteiger partial charge is 0.354 e. The zero-order chi connectivity index (χ0) is 14.7. The molecule has 1 aromatic carbocycles. The van der Waals surface area contributed by atoms with Crippen LogP contribution in [-0.2, 0) is 5.41 Å². The average Bonchev–Trinajstić information content (AvgIpc) is 2.80. The minimum absolute atomic E-state index is 0.00703. The first kappa shape index (κ1) is 12.7. The fourth-order valence-corrected chi connectivity index (χ4v) is 2.50. The molecule has 5 heteroatoms. The van der Waals surface area contributed by atoms with Gasteiger partial charge in [0.1, 0.15) is 0 Å². The van der Waals surface area contributed by atoms with E-state index in [1.807, 2.05) is 18.2 Å². The lowest BCUT2D eigenvalue weighted by Crippen LogP contribution is -2.11. The summed E-state index contributed by atoms with van der Waals surface area (Å²) in [5.74, 6) is -0.379. The second kappa shape index (κ2) is 3.85. The molecule has 2 heterocycles. The number of aromatic nitrogens is 3. The SMILES string of the molecule is Cc1[nH]c2nc3ccc(C(C)(C)C)cc3n2c1C(=O)O. The molecule has 0 saturated heterocycles. The Morgan fingerprint density at radius 2 is 2.05 bits per heavy atom. The van der Waals surface area contributed by atoms with Gasteiger partial charge in [-0.15, -0.1) is 0 Å². The normalized spacial score (nSPS) is 12.4. The summed E-state index contributed by atoms with van der Waals surface area (Å²) in [6.45, 7) is 8.14. The molecule has 5 nitrogen and oxygen atoms in total. The maximum atomic E-state index is 11.5. The number of rotatable bonds is 1. The molecule has 3 aromatic rings. The Bertz CT molecular complexity index is 834. The van der Waals surface area contributed by atoms with Crippen LogP contribution in [0.25, 0.3) is 16.8 Å². The molecule has 0 amide bonds. The van der Waals surface area contributed by atoms with Crippen LogP contribution >= 0.6 is 0 Å². The minimum Gasteiger partial charge on any atom is -0.477 e. The number of aryl methyl sites for hydroxylation is 1. The van der Waals surface area contributed by atoms with Crippen molar-refractivity contribution < 1.29 is 9.90 Å². The fourth-order valence-electron chi connectivity index (χ4n) is 2.50. The van der Waals surface area contributed by atoms with Gasteiger partial charge in [-0.05, 0) is 30.0 Å². The number of carbonyl (C=O) groups is 1. The van der Waals surface area contributed by atoms with Crippen LogP contribution in [-0.4, -0.2) is 25.4 Å². The molecule has 3 rings (SSSR count). The van der Waals surface area contributed by atoms with Crippen molar-refractivity contribution in [2.24, 2.45) is 0 Å². The summed E-state index contributed by atoms with van der Waals surface area (Å²) in [5, 5.41) is 9.39. The highest BCUT2D eigenvalue weighted by molar-refractivity contribution is 5.92. The Kier molecular flexibility index (Phi) is 2.45. The van der Waals surface area contributed by atoms with Crippen molar-refractivity contribution in [3.8, 4) is 0 Å². The highest BCUT2D eigenvalue weighted by Crippen LogP contribution is 2.27. The highest BCUT2D eigenvalue weighted by atomic mass is 16.4. The third-order valence-electron chi connectivity index (χ3n) is 3.60. The van der Waals surface area contributed by atoms with Crippen LogP contribution in [0.1, 0.15) is 42.5 Å². The molecule has 0 atom stereocenters. The zero-order valence-corrected chi connectivity index (χ0v) is 12.0. The van der Waals surface area contributed by atoms with E-state index < -0.39 is 5.97 Å². The van der Waals surface area contributed by atoms with Gasteiger partial charge in [0.25, 0.3) is 0 Å². The number of H-pyrrole nitrogens is 1. The molecule has 0 bridgehead atoms. The van der Waals surface area contributed by atoms with E-state index in [0.717, 1.165) is 16.6 Å². The number of hydrogen-bond acceptors (Lipinski definition) is 2. The zero-order valence-electron chi connectivity index (χ0n) is 12.0. The second-order valence-corrected chi connectivity index (χ2v) is 6.13. The molecule has 20 heavy (non-hydrogen) atoms. The summed E-state index contributed by atoms with van der Waals surface area (Å²) < 4.78 is 1.68. The van der Waals surface area contributed by atoms with E-state index in [-0.39, 0.29) is 11.1 Å². The predicted octanol–water partition coefficient (Wildman–Crippen LogP) is 3.12. The largest absolute Gasteiger partial charge is 0.477 e. The number of carboxylic acid groups (broad SMARTS) is 1. The van der Waals surface area contributed by atoms with Gasteiger partial charge in [-0.3, -0.25) is 4.40 Å². The van der Waals surface area contributed by atoms with E-state index in [2.05, 4.69) is 30.7 Å². The Morgan fingerprint density at radius 3 is 2.65 bits per heavy atom. The Hall–Kier alpha value is -2.30. The van der Waals surface area contributed by atoms with Crippen LogP contribution in [0.4, 0.5) is 0 Å². The van der Waals surface area contributed by atoms with Gasteiger partial charge in [0.15, 0.2) is 5.69 Å². The molecule has 2 N–H and O–H groups in total. The number of nitrogens with zero attached hydrogens (tertiary/aromatic N) is 2. The number of benzene rings is 1. The van der Waals surface area contributed by atoms with Gasteiger partial charge in [-0.25, -0.2) is 9.78 Å². The van der Waals surface area contributed by atoms with E-state index in [9.17, 15) is 9.90 Å². The summed E-state index contributed by atoms with van der Waals surface area (Å²) in [6, 6.07) is 6.01. The lowest BCUT2D eigenvalue weighted by atomic mass is 9.87. The topological polar surface area (TPSA) is 70.4 Å². The highest BCUT2D eigenvalue weighted by Gasteiger charge is 2.21. The third kappa shape index (κ3) is 1.70. The van der Waals surface area contributed by atoms with Crippen molar-refractivity contribution in [2.45, 2.75) is 33.1 Å². The summed E-state index contributed by atoms with van der Waals surface area (Å²) in [6.07, 6.45) is 0. The van der Waals surface area contributed by atoms with E-state index >= 15 is 0 Å². The van der Waals surface area contributed by atoms with Crippen molar-refractivity contribution in [3.05, 3.63) is 35.2 Å². The monoisotopic (exact) mass is 271 g/mol. The molecule has 0 aliphatic rings. The van der Waals surface area contributed by atoms with Crippen molar-refractivity contribution in [1.82, 2.24) is 14.4 Å². The molecule has 2 aromatic heterocycles. The quantitative estimate of drug-likeness (QED) is 0.714. The van der Waals surface area contributed by atoms with Gasteiger partial charge in [0.2, 0.25) is 5.78 Å². The number of carboxylic acids is 1. The second-order valence-electron chi connectivity index (χ2n) is 6.13. The van der Waals surface area contributed by atoms with Gasteiger partial charge >= 0.3 is 5.97 Å². The molecular formula is C15H17N3O2. The number of hydrogen-bond donors (Lipinski definition) is 2. The first-order valence-electron chi connectivity index (χ1n) is 6.53. The number of aromatic carboxylic acids is 1. The van der Waals surface area contributed by atoms with Crippen molar-refractivity contribution in [1.29, 1.82) is 0 Å². The summed E-state index contributed by atoms with van der Waals surface area (Å²) in [7, 11) is 0. The van der Waals surface area contributed by atoms with E-state index in [4.69, 9.17) is 0 Å². The molecule has 0 spiro atoms. The predicted molar refractivity (Wildman–Crippen MR) is 77.4 cm³/mol. The van der Waals surface area contributed by atoms with Gasteiger partial charge in [-0.1, -0.05) is 26.8 Å². The molecule has 0 radical (unpaired) electrons. The lowest BCUT2D eigenvalue weighted by Gasteiger charge is -2.18. The maximum absolute atomic E-state index is 11.5. The first-order valence-corrected chi connectivity index (χ1v) is 6.53. The van der Waals surface area contributed by atoms with Crippen LogP contribution in [0.2, 0.25) is 0 Å². The van der Waals surface area contributed by atoms with Gasteiger partial charge < -0.3 is 10.1 Å².